The minimum atomic E-state index is -1.22. The maximum atomic E-state index is 11.8. The first-order valence-electron chi connectivity index (χ1n) is 6.05. The molecule has 2 N–H and O–H groups in total. The molecule has 1 aromatic carbocycles. The topological polar surface area (TPSA) is 84.3 Å². The number of rotatable bonds is 5. The van der Waals surface area contributed by atoms with Crippen molar-refractivity contribution >= 4 is 5.91 Å². The third-order valence-corrected chi connectivity index (χ3v) is 2.77. The van der Waals surface area contributed by atoms with Crippen LogP contribution in [0.15, 0.2) is 42.9 Å². The van der Waals surface area contributed by atoms with Crippen molar-refractivity contribution in [3.05, 3.63) is 54.1 Å². The van der Waals surface area contributed by atoms with Gasteiger partial charge in [-0.2, -0.15) is 0 Å². The van der Waals surface area contributed by atoms with E-state index in [0.29, 0.717) is 17.0 Å². The number of hydrogen-bond donors (Lipinski definition) is 2. The van der Waals surface area contributed by atoms with Crippen molar-refractivity contribution < 1.29 is 14.6 Å². The van der Waals surface area contributed by atoms with Gasteiger partial charge in [0.1, 0.15) is 12.1 Å². The zero-order chi connectivity index (χ0) is 14.4. The molecule has 20 heavy (non-hydrogen) atoms. The standard InChI is InChI=1S/C14H15N3O3/c1-20-12-4-2-10(3-5-12)13(18)14(19)16-8-11-6-7-15-9-17-11/h2-7,9,13,18H,8H2,1H3,(H,16,19)/t13-/m0/s1. The normalized spacial score (nSPS) is 11.7. The number of ether oxygens (including phenoxy) is 1. The molecule has 2 rings (SSSR count). The van der Waals surface area contributed by atoms with Crippen molar-refractivity contribution in [1.82, 2.24) is 15.3 Å². The highest BCUT2D eigenvalue weighted by Gasteiger charge is 2.16. The Kier molecular flexibility index (Phi) is 4.62. The highest BCUT2D eigenvalue weighted by molar-refractivity contribution is 5.81. The van der Waals surface area contributed by atoms with Gasteiger partial charge >= 0.3 is 0 Å². The van der Waals surface area contributed by atoms with Crippen molar-refractivity contribution in [2.75, 3.05) is 7.11 Å². The molecule has 0 spiro atoms. The van der Waals surface area contributed by atoms with E-state index in [1.807, 2.05) is 0 Å². The zero-order valence-electron chi connectivity index (χ0n) is 11.0. The fourth-order valence-electron chi connectivity index (χ4n) is 1.63. The molecular weight excluding hydrogens is 258 g/mol. The molecule has 2 aromatic rings. The van der Waals surface area contributed by atoms with Gasteiger partial charge in [0.15, 0.2) is 6.10 Å². The lowest BCUT2D eigenvalue weighted by Gasteiger charge is -2.12. The molecule has 0 radical (unpaired) electrons. The molecule has 1 amide bonds. The first-order valence-corrected chi connectivity index (χ1v) is 6.05. The van der Waals surface area contributed by atoms with E-state index in [9.17, 15) is 9.90 Å². The maximum absolute atomic E-state index is 11.8. The summed E-state index contributed by atoms with van der Waals surface area (Å²) in [6, 6.07) is 8.37. The van der Waals surface area contributed by atoms with E-state index in [1.54, 1.807) is 43.6 Å². The van der Waals surface area contributed by atoms with Crippen molar-refractivity contribution in [2.45, 2.75) is 12.6 Å². The number of carbonyl (C=O) groups is 1. The third kappa shape index (κ3) is 3.52. The number of nitrogens with one attached hydrogen (secondary N) is 1. The number of aliphatic hydroxyl groups is 1. The summed E-state index contributed by atoms with van der Waals surface area (Å²) in [6.07, 6.45) is 1.78. The number of methoxy groups -OCH3 is 1. The highest BCUT2D eigenvalue weighted by atomic mass is 16.5. The van der Waals surface area contributed by atoms with Gasteiger partial charge in [0.2, 0.25) is 0 Å². The molecule has 0 aliphatic carbocycles. The first kappa shape index (κ1) is 14.0. The largest absolute Gasteiger partial charge is 0.497 e. The average molecular weight is 273 g/mol. The van der Waals surface area contributed by atoms with Crippen LogP contribution < -0.4 is 10.1 Å². The Bertz CT molecular complexity index is 558. The summed E-state index contributed by atoms with van der Waals surface area (Å²) < 4.78 is 5.02. The van der Waals surface area contributed by atoms with Gasteiger partial charge < -0.3 is 15.2 Å². The Hall–Kier alpha value is -2.47. The lowest BCUT2D eigenvalue weighted by Crippen LogP contribution is -2.29. The number of hydrogen-bond acceptors (Lipinski definition) is 5. The van der Waals surface area contributed by atoms with Crippen LogP contribution in [0.25, 0.3) is 0 Å². The molecule has 1 atom stereocenters. The van der Waals surface area contributed by atoms with Crippen LogP contribution in [-0.4, -0.2) is 28.1 Å². The highest BCUT2D eigenvalue weighted by Crippen LogP contribution is 2.17. The molecule has 1 aromatic heterocycles. The second kappa shape index (κ2) is 6.63. The molecule has 0 aliphatic rings. The molecule has 0 unspecified atom stereocenters. The van der Waals surface area contributed by atoms with Gasteiger partial charge in [-0.1, -0.05) is 12.1 Å². The summed E-state index contributed by atoms with van der Waals surface area (Å²) >= 11 is 0. The quantitative estimate of drug-likeness (QED) is 0.843. The second-order valence-electron chi connectivity index (χ2n) is 4.09. The van der Waals surface area contributed by atoms with E-state index < -0.39 is 12.0 Å². The number of aliphatic hydroxyl groups excluding tert-OH is 1. The first-order chi connectivity index (χ1) is 9.70. The van der Waals surface area contributed by atoms with E-state index in [1.165, 1.54) is 6.33 Å². The number of amides is 1. The molecule has 1 heterocycles. The maximum Gasteiger partial charge on any atom is 0.253 e. The molecular formula is C14H15N3O3. The zero-order valence-corrected chi connectivity index (χ0v) is 11.0. The summed E-state index contributed by atoms with van der Waals surface area (Å²) in [5.74, 6) is 0.191. The Morgan fingerprint density at radius 2 is 2.10 bits per heavy atom. The van der Waals surface area contributed by atoms with E-state index in [0.717, 1.165) is 0 Å². The van der Waals surface area contributed by atoms with Crippen LogP contribution in [0.1, 0.15) is 17.4 Å². The molecule has 6 nitrogen and oxygen atoms in total. The van der Waals surface area contributed by atoms with Gasteiger partial charge in [-0.3, -0.25) is 4.79 Å². The molecule has 0 aliphatic heterocycles. The molecule has 104 valence electrons. The summed E-state index contributed by atoms with van der Waals surface area (Å²) in [4.78, 5) is 19.6. The Labute approximate surface area is 116 Å². The van der Waals surface area contributed by atoms with Crippen molar-refractivity contribution in [1.29, 1.82) is 0 Å². The Balaban J connectivity index is 1.94. The monoisotopic (exact) mass is 273 g/mol. The van der Waals surface area contributed by atoms with E-state index in [4.69, 9.17) is 4.74 Å². The van der Waals surface area contributed by atoms with Crippen LogP contribution in [-0.2, 0) is 11.3 Å². The van der Waals surface area contributed by atoms with Crippen molar-refractivity contribution in [2.24, 2.45) is 0 Å². The minimum Gasteiger partial charge on any atom is -0.497 e. The SMILES string of the molecule is COc1ccc([C@H](O)C(=O)NCc2ccncn2)cc1. The van der Waals surface area contributed by atoms with Crippen molar-refractivity contribution in [3.63, 3.8) is 0 Å². The number of nitrogens with zero attached hydrogens (tertiary/aromatic N) is 2. The summed E-state index contributed by atoms with van der Waals surface area (Å²) in [5.41, 5.74) is 1.18. The van der Waals surface area contributed by atoms with Crippen LogP contribution in [0.5, 0.6) is 5.75 Å². The molecule has 0 fully saturated rings. The Morgan fingerprint density at radius 3 is 2.70 bits per heavy atom. The van der Waals surface area contributed by atoms with Crippen LogP contribution in [0, 0.1) is 0 Å². The van der Waals surface area contributed by atoms with Gasteiger partial charge in [0, 0.05) is 6.20 Å². The van der Waals surface area contributed by atoms with Crippen LogP contribution in [0.2, 0.25) is 0 Å². The smallest absolute Gasteiger partial charge is 0.253 e. The molecule has 0 saturated heterocycles. The number of benzene rings is 1. The van der Waals surface area contributed by atoms with Crippen LogP contribution in [0.3, 0.4) is 0 Å². The summed E-state index contributed by atoms with van der Waals surface area (Å²) in [5, 5.41) is 12.6. The van der Waals surface area contributed by atoms with E-state index >= 15 is 0 Å². The fraction of sp³-hybridized carbons (Fsp3) is 0.214. The lowest BCUT2D eigenvalue weighted by atomic mass is 10.1. The summed E-state index contributed by atoms with van der Waals surface area (Å²) in [7, 11) is 1.56. The van der Waals surface area contributed by atoms with Gasteiger partial charge in [-0.25, -0.2) is 9.97 Å². The molecule has 0 bridgehead atoms. The van der Waals surface area contributed by atoms with E-state index in [-0.39, 0.29) is 6.54 Å². The Morgan fingerprint density at radius 1 is 1.35 bits per heavy atom. The number of aromatic nitrogens is 2. The van der Waals surface area contributed by atoms with E-state index in [2.05, 4.69) is 15.3 Å². The van der Waals surface area contributed by atoms with Gasteiger partial charge in [-0.05, 0) is 23.8 Å². The van der Waals surface area contributed by atoms with Crippen LogP contribution >= 0.6 is 0 Å². The van der Waals surface area contributed by atoms with Gasteiger partial charge in [-0.15, -0.1) is 0 Å². The predicted molar refractivity (Wildman–Crippen MR) is 71.8 cm³/mol. The number of carbonyl (C=O) groups excluding carboxylic acids is 1. The van der Waals surface area contributed by atoms with Gasteiger partial charge in [0.25, 0.3) is 5.91 Å². The minimum absolute atomic E-state index is 0.245. The van der Waals surface area contributed by atoms with Gasteiger partial charge in [0.05, 0.1) is 19.3 Å². The fourth-order valence-corrected chi connectivity index (χ4v) is 1.63. The lowest BCUT2D eigenvalue weighted by molar-refractivity contribution is -0.129. The third-order valence-electron chi connectivity index (χ3n) is 2.77. The molecule has 6 heteroatoms. The average Bonchev–Trinajstić information content (AvgIpc) is 2.53. The second-order valence-corrected chi connectivity index (χ2v) is 4.09. The molecule has 0 saturated carbocycles. The predicted octanol–water partition coefficient (Wildman–Crippen LogP) is 0.835. The van der Waals surface area contributed by atoms with Crippen LogP contribution in [0.4, 0.5) is 0 Å². The van der Waals surface area contributed by atoms with Crippen molar-refractivity contribution in [3.8, 4) is 5.75 Å². The summed E-state index contributed by atoms with van der Waals surface area (Å²) in [6.45, 7) is 0.245.